The highest BCUT2D eigenvalue weighted by molar-refractivity contribution is 6.07. The first-order chi connectivity index (χ1) is 12.2. The lowest BCUT2D eigenvalue weighted by molar-refractivity contribution is 0.104. The second-order valence-corrected chi connectivity index (χ2v) is 5.47. The quantitative estimate of drug-likeness (QED) is 0.566. The Bertz CT molecular complexity index is 795. The highest BCUT2D eigenvalue weighted by Crippen LogP contribution is 2.32. The van der Waals surface area contributed by atoms with Crippen molar-refractivity contribution in [3.8, 4) is 17.2 Å². The SMILES string of the molecule is CCOCc1cc(/C=C/C(=O)c2ccc3c(c2)OCO3)ccc1OC. The average molecular weight is 340 g/mol. The molecule has 0 atom stereocenters. The van der Waals surface area contributed by atoms with E-state index >= 15 is 0 Å². The zero-order chi connectivity index (χ0) is 17.6. The monoisotopic (exact) mass is 340 g/mol. The van der Waals surface area contributed by atoms with Crippen LogP contribution in [0.1, 0.15) is 28.4 Å². The summed E-state index contributed by atoms with van der Waals surface area (Å²) < 4.78 is 21.4. The van der Waals surface area contributed by atoms with Crippen molar-refractivity contribution in [2.24, 2.45) is 0 Å². The summed E-state index contributed by atoms with van der Waals surface area (Å²) in [6.07, 6.45) is 3.33. The van der Waals surface area contributed by atoms with Crippen LogP contribution < -0.4 is 14.2 Å². The van der Waals surface area contributed by atoms with E-state index < -0.39 is 0 Å². The molecule has 0 spiro atoms. The van der Waals surface area contributed by atoms with Gasteiger partial charge in [-0.25, -0.2) is 0 Å². The van der Waals surface area contributed by atoms with E-state index in [0.717, 1.165) is 16.9 Å². The zero-order valence-electron chi connectivity index (χ0n) is 14.3. The maximum atomic E-state index is 12.4. The second kappa shape index (κ2) is 7.85. The molecule has 0 unspecified atom stereocenters. The van der Waals surface area contributed by atoms with Gasteiger partial charge in [0, 0.05) is 17.7 Å². The van der Waals surface area contributed by atoms with Crippen molar-refractivity contribution < 1.29 is 23.7 Å². The molecule has 0 saturated heterocycles. The third-order valence-electron chi connectivity index (χ3n) is 3.85. The molecule has 5 heteroatoms. The van der Waals surface area contributed by atoms with Gasteiger partial charge >= 0.3 is 0 Å². The summed E-state index contributed by atoms with van der Waals surface area (Å²) in [6.45, 7) is 3.24. The summed E-state index contributed by atoms with van der Waals surface area (Å²) in [4.78, 5) is 12.4. The Kier molecular flexibility index (Phi) is 5.36. The van der Waals surface area contributed by atoms with E-state index in [0.29, 0.717) is 30.3 Å². The fourth-order valence-electron chi connectivity index (χ4n) is 2.54. The minimum atomic E-state index is -0.0968. The summed E-state index contributed by atoms with van der Waals surface area (Å²) >= 11 is 0. The van der Waals surface area contributed by atoms with Crippen molar-refractivity contribution in [3.05, 3.63) is 59.2 Å². The smallest absolute Gasteiger partial charge is 0.231 e. The van der Waals surface area contributed by atoms with E-state index in [-0.39, 0.29) is 12.6 Å². The summed E-state index contributed by atoms with van der Waals surface area (Å²) in [6, 6.07) is 10.9. The van der Waals surface area contributed by atoms with Crippen LogP contribution in [0.15, 0.2) is 42.5 Å². The normalized spacial score (nSPS) is 12.6. The minimum absolute atomic E-state index is 0.0968. The van der Waals surface area contributed by atoms with E-state index in [9.17, 15) is 4.79 Å². The van der Waals surface area contributed by atoms with Gasteiger partial charge in [0.2, 0.25) is 6.79 Å². The van der Waals surface area contributed by atoms with Gasteiger partial charge in [-0.1, -0.05) is 12.1 Å². The van der Waals surface area contributed by atoms with E-state index in [2.05, 4.69) is 0 Å². The molecule has 3 rings (SSSR count). The van der Waals surface area contributed by atoms with Crippen LogP contribution in [0.4, 0.5) is 0 Å². The van der Waals surface area contributed by atoms with Gasteiger partial charge in [-0.05, 0) is 48.9 Å². The van der Waals surface area contributed by atoms with Crippen molar-refractivity contribution in [2.75, 3.05) is 20.5 Å². The highest BCUT2D eigenvalue weighted by Gasteiger charge is 2.15. The predicted octanol–water partition coefficient (Wildman–Crippen LogP) is 3.86. The van der Waals surface area contributed by atoms with Crippen LogP contribution in [0.2, 0.25) is 0 Å². The van der Waals surface area contributed by atoms with E-state index in [1.165, 1.54) is 0 Å². The van der Waals surface area contributed by atoms with Gasteiger partial charge in [0.05, 0.1) is 13.7 Å². The molecule has 0 aliphatic carbocycles. The number of ketones is 1. The number of rotatable bonds is 7. The molecule has 5 nitrogen and oxygen atoms in total. The van der Waals surface area contributed by atoms with Crippen LogP contribution in [0.5, 0.6) is 17.2 Å². The Morgan fingerprint density at radius 2 is 2.00 bits per heavy atom. The molecular weight excluding hydrogens is 320 g/mol. The molecule has 0 bridgehead atoms. The number of benzene rings is 2. The Morgan fingerprint density at radius 1 is 1.16 bits per heavy atom. The third-order valence-corrected chi connectivity index (χ3v) is 3.85. The first-order valence-corrected chi connectivity index (χ1v) is 8.08. The zero-order valence-corrected chi connectivity index (χ0v) is 14.3. The van der Waals surface area contributed by atoms with E-state index in [1.807, 2.05) is 25.1 Å². The highest BCUT2D eigenvalue weighted by atomic mass is 16.7. The van der Waals surface area contributed by atoms with Gasteiger partial charge in [-0.3, -0.25) is 4.79 Å². The second-order valence-electron chi connectivity index (χ2n) is 5.47. The van der Waals surface area contributed by atoms with Gasteiger partial charge in [0.25, 0.3) is 0 Å². The summed E-state index contributed by atoms with van der Waals surface area (Å²) in [5, 5.41) is 0. The first kappa shape index (κ1) is 17.0. The lowest BCUT2D eigenvalue weighted by atomic mass is 10.1. The van der Waals surface area contributed by atoms with Crippen molar-refractivity contribution in [3.63, 3.8) is 0 Å². The molecule has 1 aliphatic rings. The van der Waals surface area contributed by atoms with Crippen molar-refractivity contribution in [2.45, 2.75) is 13.5 Å². The van der Waals surface area contributed by atoms with Crippen molar-refractivity contribution >= 4 is 11.9 Å². The molecule has 1 heterocycles. The van der Waals surface area contributed by atoms with Crippen molar-refractivity contribution in [1.29, 1.82) is 0 Å². The molecule has 0 amide bonds. The Hall–Kier alpha value is -2.79. The number of allylic oxidation sites excluding steroid dienone is 1. The van der Waals surface area contributed by atoms with E-state index in [1.54, 1.807) is 37.5 Å². The summed E-state index contributed by atoms with van der Waals surface area (Å²) in [5.41, 5.74) is 2.41. The first-order valence-electron chi connectivity index (χ1n) is 8.08. The number of hydrogen-bond acceptors (Lipinski definition) is 5. The molecular formula is C20H20O5. The average Bonchev–Trinajstić information content (AvgIpc) is 3.12. The molecule has 130 valence electrons. The van der Waals surface area contributed by atoms with Crippen molar-refractivity contribution in [1.82, 2.24) is 0 Å². The maximum absolute atomic E-state index is 12.4. The van der Waals surface area contributed by atoms with Crippen LogP contribution in [-0.2, 0) is 11.3 Å². The number of hydrogen-bond donors (Lipinski definition) is 0. The molecule has 0 fully saturated rings. The molecule has 2 aromatic rings. The number of fused-ring (bicyclic) bond motifs is 1. The van der Waals surface area contributed by atoms with E-state index in [4.69, 9.17) is 18.9 Å². The Balaban J connectivity index is 1.75. The fourth-order valence-corrected chi connectivity index (χ4v) is 2.54. The lowest BCUT2D eigenvalue weighted by Gasteiger charge is -2.09. The standard InChI is InChI=1S/C20H20O5/c1-3-23-12-16-10-14(5-8-18(16)22-2)4-7-17(21)15-6-9-19-20(11-15)25-13-24-19/h4-11H,3,12-13H2,1-2H3/b7-4+. The lowest BCUT2D eigenvalue weighted by Crippen LogP contribution is -1.97. The Labute approximate surface area is 146 Å². The van der Waals surface area contributed by atoms with Gasteiger partial charge in [-0.15, -0.1) is 0 Å². The number of carbonyl (C=O) groups is 1. The summed E-state index contributed by atoms with van der Waals surface area (Å²) in [7, 11) is 1.63. The van der Waals surface area contributed by atoms with Crippen LogP contribution in [0, 0.1) is 0 Å². The maximum Gasteiger partial charge on any atom is 0.231 e. The number of ether oxygens (including phenoxy) is 4. The molecule has 0 radical (unpaired) electrons. The van der Waals surface area contributed by atoms with Crippen LogP contribution in [0.3, 0.4) is 0 Å². The topological polar surface area (TPSA) is 54.0 Å². The fraction of sp³-hybridized carbons (Fsp3) is 0.250. The predicted molar refractivity (Wildman–Crippen MR) is 94.3 cm³/mol. The molecule has 0 N–H and O–H groups in total. The largest absolute Gasteiger partial charge is 0.496 e. The van der Waals surface area contributed by atoms with Crippen LogP contribution >= 0.6 is 0 Å². The van der Waals surface area contributed by atoms with Crippen LogP contribution in [-0.4, -0.2) is 26.3 Å². The van der Waals surface area contributed by atoms with Gasteiger partial charge in [-0.2, -0.15) is 0 Å². The number of methoxy groups -OCH3 is 1. The van der Waals surface area contributed by atoms with Gasteiger partial charge in [0.15, 0.2) is 17.3 Å². The number of carbonyl (C=O) groups excluding carboxylic acids is 1. The van der Waals surface area contributed by atoms with Gasteiger partial charge in [0.1, 0.15) is 5.75 Å². The molecule has 2 aromatic carbocycles. The summed E-state index contributed by atoms with van der Waals surface area (Å²) in [5.74, 6) is 1.94. The molecule has 0 saturated carbocycles. The Morgan fingerprint density at radius 3 is 2.80 bits per heavy atom. The molecule has 1 aliphatic heterocycles. The molecule has 25 heavy (non-hydrogen) atoms. The minimum Gasteiger partial charge on any atom is -0.496 e. The van der Waals surface area contributed by atoms with Gasteiger partial charge < -0.3 is 18.9 Å². The van der Waals surface area contributed by atoms with Crippen LogP contribution in [0.25, 0.3) is 6.08 Å². The third kappa shape index (κ3) is 4.00. The molecule has 0 aromatic heterocycles.